The molecule has 1 atom stereocenters. The number of nitrogens with zero attached hydrogens (tertiary/aromatic N) is 3. The van der Waals surface area contributed by atoms with Crippen LogP contribution in [0.25, 0.3) is 0 Å². The smallest absolute Gasteiger partial charge is 0.225 e. The zero-order chi connectivity index (χ0) is 13.8. The molecule has 0 saturated carbocycles. The van der Waals surface area contributed by atoms with E-state index in [0.29, 0.717) is 5.95 Å². The van der Waals surface area contributed by atoms with E-state index in [1.807, 2.05) is 18.3 Å². The van der Waals surface area contributed by atoms with Crippen molar-refractivity contribution in [2.24, 2.45) is 0 Å². The predicted octanol–water partition coefficient (Wildman–Crippen LogP) is 3.25. The van der Waals surface area contributed by atoms with Crippen LogP contribution in [0.1, 0.15) is 31.4 Å². The maximum absolute atomic E-state index is 4.62. The van der Waals surface area contributed by atoms with Crippen LogP contribution < -0.4 is 10.2 Å². The standard InChI is InChI=1S/C16H20N4/c1-13(14-7-3-2-4-8-14)18-16-17-10-9-15(19-16)20-11-5-6-12-20/h2-4,7-10,13H,5-6,11-12H2,1H3,(H,17,18,19). The van der Waals surface area contributed by atoms with Crippen molar-refractivity contribution in [1.29, 1.82) is 0 Å². The van der Waals surface area contributed by atoms with Crippen molar-refractivity contribution in [3.8, 4) is 0 Å². The molecule has 0 radical (unpaired) electrons. The Morgan fingerprint density at radius 1 is 1.10 bits per heavy atom. The van der Waals surface area contributed by atoms with Gasteiger partial charge < -0.3 is 10.2 Å². The van der Waals surface area contributed by atoms with E-state index < -0.39 is 0 Å². The van der Waals surface area contributed by atoms with Gasteiger partial charge in [-0.15, -0.1) is 0 Å². The summed E-state index contributed by atoms with van der Waals surface area (Å²) in [7, 11) is 0. The fraction of sp³-hybridized carbons (Fsp3) is 0.375. The average Bonchev–Trinajstić information content (AvgIpc) is 3.03. The lowest BCUT2D eigenvalue weighted by Gasteiger charge is -2.18. The van der Waals surface area contributed by atoms with Gasteiger partial charge in [-0.25, -0.2) is 4.98 Å². The summed E-state index contributed by atoms with van der Waals surface area (Å²) in [5.41, 5.74) is 1.24. The molecule has 0 aliphatic carbocycles. The summed E-state index contributed by atoms with van der Waals surface area (Å²) in [6.07, 6.45) is 4.35. The van der Waals surface area contributed by atoms with Gasteiger partial charge in [-0.2, -0.15) is 4.98 Å². The van der Waals surface area contributed by atoms with Crippen molar-refractivity contribution in [3.05, 3.63) is 48.2 Å². The topological polar surface area (TPSA) is 41.1 Å². The Morgan fingerprint density at radius 3 is 2.60 bits per heavy atom. The Bertz CT molecular complexity index is 549. The highest BCUT2D eigenvalue weighted by molar-refractivity contribution is 5.44. The number of aromatic nitrogens is 2. The third kappa shape index (κ3) is 2.90. The lowest BCUT2D eigenvalue weighted by atomic mass is 10.1. The second kappa shape index (κ2) is 5.90. The normalized spacial score (nSPS) is 16.1. The highest BCUT2D eigenvalue weighted by Gasteiger charge is 2.14. The van der Waals surface area contributed by atoms with E-state index in [-0.39, 0.29) is 6.04 Å². The van der Waals surface area contributed by atoms with E-state index in [4.69, 9.17) is 0 Å². The molecule has 1 fully saturated rings. The molecule has 4 heteroatoms. The van der Waals surface area contributed by atoms with Gasteiger partial charge in [-0.3, -0.25) is 0 Å². The van der Waals surface area contributed by atoms with E-state index >= 15 is 0 Å². The molecule has 104 valence electrons. The third-order valence-electron chi connectivity index (χ3n) is 3.72. The average molecular weight is 268 g/mol. The summed E-state index contributed by atoms with van der Waals surface area (Å²) < 4.78 is 0. The van der Waals surface area contributed by atoms with E-state index in [1.165, 1.54) is 18.4 Å². The summed E-state index contributed by atoms with van der Waals surface area (Å²) in [5.74, 6) is 1.73. The van der Waals surface area contributed by atoms with Gasteiger partial charge in [-0.1, -0.05) is 30.3 Å². The van der Waals surface area contributed by atoms with Crippen LogP contribution in [-0.4, -0.2) is 23.1 Å². The van der Waals surface area contributed by atoms with E-state index in [2.05, 4.69) is 51.4 Å². The van der Waals surface area contributed by atoms with Crippen LogP contribution in [-0.2, 0) is 0 Å². The summed E-state index contributed by atoms with van der Waals surface area (Å²) in [6, 6.07) is 12.5. The molecule has 1 N–H and O–H groups in total. The number of hydrogen-bond donors (Lipinski definition) is 1. The Kier molecular flexibility index (Phi) is 3.81. The van der Waals surface area contributed by atoms with E-state index in [9.17, 15) is 0 Å². The minimum atomic E-state index is 0.199. The Morgan fingerprint density at radius 2 is 1.85 bits per heavy atom. The van der Waals surface area contributed by atoms with Crippen molar-refractivity contribution in [1.82, 2.24) is 9.97 Å². The molecule has 1 aliphatic rings. The zero-order valence-electron chi connectivity index (χ0n) is 11.8. The first-order chi connectivity index (χ1) is 9.83. The second-order valence-corrected chi connectivity index (χ2v) is 5.21. The van der Waals surface area contributed by atoms with Crippen molar-refractivity contribution in [3.63, 3.8) is 0 Å². The highest BCUT2D eigenvalue weighted by Crippen LogP contribution is 2.20. The van der Waals surface area contributed by atoms with Gasteiger partial charge in [-0.05, 0) is 31.4 Å². The molecule has 1 aromatic carbocycles. The fourth-order valence-corrected chi connectivity index (χ4v) is 2.56. The van der Waals surface area contributed by atoms with Gasteiger partial charge in [0.2, 0.25) is 5.95 Å². The second-order valence-electron chi connectivity index (χ2n) is 5.21. The molecular formula is C16H20N4. The van der Waals surface area contributed by atoms with Crippen LogP contribution in [0, 0.1) is 0 Å². The molecule has 0 amide bonds. The number of nitrogens with one attached hydrogen (secondary N) is 1. The molecule has 1 aromatic heterocycles. The van der Waals surface area contributed by atoms with Gasteiger partial charge >= 0.3 is 0 Å². The van der Waals surface area contributed by atoms with Gasteiger partial charge in [0.05, 0.1) is 6.04 Å². The van der Waals surface area contributed by atoms with Crippen LogP contribution in [0.5, 0.6) is 0 Å². The molecule has 4 nitrogen and oxygen atoms in total. The third-order valence-corrected chi connectivity index (χ3v) is 3.72. The van der Waals surface area contributed by atoms with Gasteiger partial charge in [0.25, 0.3) is 0 Å². The van der Waals surface area contributed by atoms with Crippen LogP contribution in [0.3, 0.4) is 0 Å². The van der Waals surface area contributed by atoms with Crippen LogP contribution in [0.2, 0.25) is 0 Å². The monoisotopic (exact) mass is 268 g/mol. The Labute approximate surface area is 119 Å². The number of hydrogen-bond acceptors (Lipinski definition) is 4. The molecule has 20 heavy (non-hydrogen) atoms. The number of benzene rings is 1. The summed E-state index contributed by atoms with van der Waals surface area (Å²) in [5, 5.41) is 3.37. The minimum Gasteiger partial charge on any atom is -0.356 e. The van der Waals surface area contributed by atoms with Crippen molar-refractivity contribution < 1.29 is 0 Å². The van der Waals surface area contributed by atoms with Crippen LogP contribution in [0.4, 0.5) is 11.8 Å². The molecule has 2 aromatic rings. The van der Waals surface area contributed by atoms with Crippen molar-refractivity contribution in [2.45, 2.75) is 25.8 Å². The molecule has 1 unspecified atom stereocenters. The predicted molar refractivity (Wildman–Crippen MR) is 82.0 cm³/mol. The zero-order valence-corrected chi connectivity index (χ0v) is 11.8. The van der Waals surface area contributed by atoms with Crippen molar-refractivity contribution >= 4 is 11.8 Å². The van der Waals surface area contributed by atoms with Gasteiger partial charge in [0, 0.05) is 19.3 Å². The van der Waals surface area contributed by atoms with Crippen molar-refractivity contribution in [2.75, 3.05) is 23.3 Å². The number of rotatable bonds is 4. The van der Waals surface area contributed by atoms with Crippen LogP contribution >= 0.6 is 0 Å². The molecular weight excluding hydrogens is 248 g/mol. The summed E-state index contributed by atoms with van der Waals surface area (Å²) in [4.78, 5) is 11.3. The lowest BCUT2D eigenvalue weighted by Crippen LogP contribution is -2.20. The van der Waals surface area contributed by atoms with E-state index in [1.54, 1.807) is 0 Å². The summed E-state index contributed by atoms with van der Waals surface area (Å²) >= 11 is 0. The first kappa shape index (κ1) is 12.9. The van der Waals surface area contributed by atoms with Gasteiger partial charge in [0.15, 0.2) is 0 Å². The maximum Gasteiger partial charge on any atom is 0.225 e. The quantitative estimate of drug-likeness (QED) is 0.924. The van der Waals surface area contributed by atoms with Crippen LogP contribution in [0.15, 0.2) is 42.6 Å². The molecule has 3 rings (SSSR count). The molecule has 0 bridgehead atoms. The van der Waals surface area contributed by atoms with E-state index in [0.717, 1.165) is 18.9 Å². The number of anilines is 2. The minimum absolute atomic E-state index is 0.199. The largest absolute Gasteiger partial charge is 0.356 e. The molecule has 1 aliphatic heterocycles. The lowest BCUT2D eigenvalue weighted by molar-refractivity contribution is 0.852. The molecule has 0 spiro atoms. The molecule has 2 heterocycles. The fourth-order valence-electron chi connectivity index (χ4n) is 2.56. The Balaban J connectivity index is 1.72. The van der Waals surface area contributed by atoms with Gasteiger partial charge in [0.1, 0.15) is 5.82 Å². The first-order valence-electron chi connectivity index (χ1n) is 7.22. The highest BCUT2D eigenvalue weighted by atomic mass is 15.2. The Hall–Kier alpha value is -2.10. The SMILES string of the molecule is CC(Nc1nccc(N2CCCC2)n1)c1ccccc1. The first-order valence-corrected chi connectivity index (χ1v) is 7.22. The molecule has 1 saturated heterocycles. The summed E-state index contributed by atoms with van der Waals surface area (Å²) in [6.45, 7) is 4.33. The maximum atomic E-state index is 4.62.